The lowest BCUT2D eigenvalue weighted by atomic mass is 10.3. The summed E-state index contributed by atoms with van der Waals surface area (Å²) >= 11 is 5.92. The molecule has 2 aromatic rings. The molecule has 0 aliphatic heterocycles. The smallest absolute Gasteiger partial charge is 0.293 e. The van der Waals surface area contributed by atoms with Crippen molar-refractivity contribution < 1.29 is 9.53 Å². The first-order valence-corrected chi connectivity index (χ1v) is 6.39. The Labute approximate surface area is 120 Å². The van der Waals surface area contributed by atoms with Crippen LogP contribution >= 0.6 is 11.6 Å². The van der Waals surface area contributed by atoms with Crippen LogP contribution in [0.2, 0.25) is 5.02 Å². The molecule has 1 heterocycles. The second-order valence-corrected chi connectivity index (χ2v) is 4.42. The molecule has 1 amide bonds. The van der Waals surface area contributed by atoms with E-state index in [2.05, 4.69) is 20.5 Å². The van der Waals surface area contributed by atoms with Gasteiger partial charge in [0.2, 0.25) is 11.8 Å². The fourth-order valence-corrected chi connectivity index (χ4v) is 1.67. The van der Waals surface area contributed by atoms with Crippen LogP contribution in [0.1, 0.15) is 24.0 Å². The van der Waals surface area contributed by atoms with Crippen LogP contribution in [0.15, 0.2) is 18.2 Å². The van der Waals surface area contributed by atoms with Crippen molar-refractivity contribution in [3.8, 4) is 5.75 Å². The maximum absolute atomic E-state index is 12.0. The maximum Gasteiger partial charge on any atom is 0.293 e. The van der Waals surface area contributed by atoms with Gasteiger partial charge in [0, 0.05) is 5.02 Å². The molecule has 0 spiro atoms. The monoisotopic (exact) mass is 295 g/mol. The second-order valence-electron chi connectivity index (χ2n) is 3.99. The first-order chi connectivity index (χ1) is 9.60. The topological polar surface area (TPSA) is 106 Å². The molecule has 1 aromatic heterocycles. The molecule has 0 saturated heterocycles. The lowest BCUT2D eigenvalue weighted by molar-refractivity contribution is 0.101. The highest BCUT2D eigenvalue weighted by Gasteiger charge is 2.14. The zero-order valence-corrected chi connectivity index (χ0v) is 11.6. The highest BCUT2D eigenvalue weighted by atomic mass is 35.5. The third-order valence-corrected chi connectivity index (χ3v) is 2.60. The van der Waals surface area contributed by atoms with E-state index in [4.69, 9.17) is 22.1 Å². The van der Waals surface area contributed by atoms with Crippen molar-refractivity contribution in [2.45, 2.75) is 13.3 Å². The molecule has 0 saturated carbocycles. The molecule has 106 valence electrons. The van der Waals surface area contributed by atoms with Crippen molar-refractivity contribution in [1.82, 2.24) is 15.2 Å². The van der Waals surface area contributed by atoms with Gasteiger partial charge in [-0.1, -0.05) is 18.5 Å². The molecular weight excluding hydrogens is 282 g/mol. The summed E-state index contributed by atoms with van der Waals surface area (Å²) in [6, 6.07) is 4.99. The number of nitrogens with one attached hydrogen (secondary N) is 2. The Bertz CT molecular complexity index is 614. The molecule has 20 heavy (non-hydrogen) atoms. The lowest BCUT2D eigenvalue weighted by Gasteiger charge is -2.11. The Kier molecular flexibility index (Phi) is 4.41. The number of aromatic amines is 1. The minimum absolute atomic E-state index is 0.00343. The average molecular weight is 296 g/mol. The van der Waals surface area contributed by atoms with Gasteiger partial charge in [0.05, 0.1) is 12.3 Å². The predicted octanol–water partition coefficient (Wildman–Crippen LogP) is 2.08. The van der Waals surface area contributed by atoms with Crippen LogP contribution in [-0.4, -0.2) is 27.7 Å². The van der Waals surface area contributed by atoms with E-state index in [0.29, 0.717) is 23.1 Å². The van der Waals surface area contributed by atoms with Crippen molar-refractivity contribution in [2.75, 3.05) is 17.7 Å². The molecule has 8 heteroatoms. The molecule has 2 rings (SSSR count). The van der Waals surface area contributed by atoms with Crippen LogP contribution in [0, 0.1) is 0 Å². The number of rotatable bonds is 5. The lowest BCUT2D eigenvalue weighted by Crippen LogP contribution is -2.15. The molecule has 0 aliphatic carbocycles. The number of halogens is 1. The summed E-state index contributed by atoms with van der Waals surface area (Å²) in [5, 5.41) is 9.16. The van der Waals surface area contributed by atoms with E-state index < -0.39 is 5.91 Å². The molecule has 7 nitrogen and oxygen atoms in total. The Balaban J connectivity index is 2.18. The quantitative estimate of drug-likeness (QED) is 0.783. The third-order valence-electron chi connectivity index (χ3n) is 2.37. The van der Waals surface area contributed by atoms with E-state index in [0.717, 1.165) is 6.42 Å². The van der Waals surface area contributed by atoms with Crippen LogP contribution in [0.3, 0.4) is 0 Å². The van der Waals surface area contributed by atoms with Gasteiger partial charge >= 0.3 is 0 Å². The zero-order chi connectivity index (χ0) is 14.5. The van der Waals surface area contributed by atoms with Gasteiger partial charge in [-0.05, 0) is 24.6 Å². The fraction of sp³-hybridized carbons (Fsp3) is 0.250. The largest absolute Gasteiger partial charge is 0.491 e. The Morgan fingerprint density at radius 1 is 1.55 bits per heavy atom. The Morgan fingerprint density at radius 3 is 3.00 bits per heavy atom. The number of H-pyrrole nitrogens is 1. The van der Waals surface area contributed by atoms with E-state index in [9.17, 15) is 4.79 Å². The summed E-state index contributed by atoms with van der Waals surface area (Å²) in [7, 11) is 0. The number of nitrogen functional groups attached to an aromatic ring is 1. The number of anilines is 2. The normalized spacial score (nSPS) is 10.3. The molecule has 0 bridgehead atoms. The van der Waals surface area contributed by atoms with E-state index in [1.54, 1.807) is 18.2 Å². The molecule has 0 unspecified atom stereocenters. The number of carbonyl (C=O) groups is 1. The first-order valence-electron chi connectivity index (χ1n) is 6.01. The summed E-state index contributed by atoms with van der Waals surface area (Å²) in [5.74, 6) is 0.0857. The van der Waals surface area contributed by atoms with Crippen molar-refractivity contribution in [2.24, 2.45) is 0 Å². The molecule has 0 radical (unpaired) electrons. The van der Waals surface area contributed by atoms with Gasteiger partial charge < -0.3 is 15.8 Å². The van der Waals surface area contributed by atoms with Gasteiger partial charge in [0.15, 0.2) is 0 Å². The summed E-state index contributed by atoms with van der Waals surface area (Å²) in [5.41, 5.74) is 5.81. The van der Waals surface area contributed by atoms with Gasteiger partial charge in [0.25, 0.3) is 5.91 Å². The van der Waals surface area contributed by atoms with Gasteiger partial charge in [-0.15, -0.1) is 5.10 Å². The highest BCUT2D eigenvalue weighted by Crippen LogP contribution is 2.28. The molecule has 1 aromatic carbocycles. The number of hydrogen-bond donors (Lipinski definition) is 3. The van der Waals surface area contributed by atoms with Gasteiger partial charge in [-0.3, -0.25) is 9.89 Å². The summed E-state index contributed by atoms with van der Waals surface area (Å²) in [6.45, 7) is 2.53. The van der Waals surface area contributed by atoms with E-state index >= 15 is 0 Å². The van der Waals surface area contributed by atoms with Crippen molar-refractivity contribution >= 4 is 29.1 Å². The molecule has 0 atom stereocenters. The van der Waals surface area contributed by atoms with Crippen LogP contribution in [0.25, 0.3) is 0 Å². The van der Waals surface area contributed by atoms with Crippen LogP contribution < -0.4 is 15.8 Å². The standard InChI is InChI=1S/C12H14ClN5O2/c1-2-5-20-9-4-3-7(13)6-8(9)15-11(19)10-16-12(14)18-17-10/h3-4,6H,2,5H2,1H3,(H,15,19)(H3,14,16,17,18). The number of ether oxygens (including phenoxy) is 1. The van der Waals surface area contributed by atoms with Gasteiger partial charge in [-0.25, -0.2) is 0 Å². The number of nitrogens with zero attached hydrogens (tertiary/aromatic N) is 2. The van der Waals surface area contributed by atoms with Crippen LogP contribution in [-0.2, 0) is 0 Å². The molecule has 0 fully saturated rings. The molecule has 0 aliphatic rings. The SMILES string of the molecule is CCCOc1ccc(Cl)cc1NC(=O)c1nc(N)n[nH]1. The number of amides is 1. The van der Waals surface area contributed by atoms with Crippen molar-refractivity contribution in [3.63, 3.8) is 0 Å². The van der Waals surface area contributed by atoms with Crippen LogP contribution in [0.5, 0.6) is 5.75 Å². The van der Waals surface area contributed by atoms with Crippen molar-refractivity contribution in [3.05, 3.63) is 29.0 Å². The number of aromatic nitrogens is 3. The summed E-state index contributed by atoms with van der Waals surface area (Å²) in [4.78, 5) is 15.7. The maximum atomic E-state index is 12.0. The van der Waals surface area contributed by atoms with E-state index in [-0.39, 0.29) is 11.8 Å². The van der Waals surface area contributed by atoms with Gasteiger partial charge in [0.1, 0.15) is 5.75 Å². The third kappa shape index (κ3) is 3.39. The second kappa shape index (κ2) is 6.25. The molecular formula is C12H14ClN5O2. The minimum atomic E-state index is -0.474. The van der Waals surface area contributed by atoms with Gasteiger partial charge in [-0.2, -0.15) is 4.98 Å². The van der Waals surface area contributed by atoms with E-state index in [1.165, 1.54) is 0 Å². The zero-order valence-electron chi connectivity index (χ0n) is 10.8. The summed E-state index contributed by atoms with van der Waals surface area (Å²) in [6.07, 6.45) is 0.856. The first kappa shape index (κ1) is 14.1. The van der Waals surface area contributed by atoms with Crippen molar-refractivity contribution in [1.29, 1.82) is 0 Å². The average Bonchev–Trinajstić information content (AvgIpc) is 2.85. The number of hydrogen-bond acceptors (Lipinski definition) is 5. The Morgan fingerprint density at radius 2 is 2.35 bits per heavy atom. The number of benzene rings is 1. The summed E-state index contributed by atoms with van der Waals surface area (Å²) < 4.78 is 5.54. The Hall–Kier alpha value is -2.28. The minimum Gasteiger partial charge on any atom is -0.491 e. The van der Waals surface area contributed by atoms with Crippen LogP contribution in [0.4, 0.5) is 11.6 Å². The predicted molar refractivity (Wildman–Crippen MR) is 76.0 cm³/mol. The molecule has 4 N–H and O–H groups in total. The number of carbonyl (C=O) groups excluding carboxylic acids is 1. The highest BCUT2D eigenvalue weighted by molar-refractivity contribution is 6.31. The number of nitrogens with two attached hydrogens (primary N) is 1. The van der Waals surface area contributed by atoms with E-state index in [1.807, 2.05) is 6.92 Å². The fourth-order valence-electron chi connectivity index (χ4n) is 1.50.